The van der Waals surface area contributed by atoms with E-state index in [1.165, 1.54) is 4.90 Å². The van der Waals surface area contributed by atoms with E-state index in [1.54, 1.807) is 18.2 Å². The van der Waals surface area contributed by atoms with E-state index >= 15 is 0 Å². The Kier molecular flexibility index (Phi) is 5.32. The summed E-state index contributed by atoms with van der Waals surface area (Å²) in [6, 6.07) is 5.08. The third-order valence-electron chi connectivity index (χ3n) is 2.53. The van der Waals surface area contributed by atoms with Crippen molar-refractivity contribution in [2.75, 3.05) is 13.2 Å². The Morgan fingerprint density at radius 2 is 2.00 bits per heavy atom. The highest BCUT2D eigenvalue weighted by Crippen LogP contribution is 2.31. The van der Waals surface area contributed by atoms with Gasteiger partial charge in [-0.1, -0.05) is 29.3 Å². The van der Waals surface area contributed by atoms with E-state index in [4.69, 9.17) is 33.0 Å². The maximum Gasteiger partial charge on any atom is 0.407 e. The molecule has 0 aliphatic heterocycles. The predicted molar refractivity (Wildman–Crippen MR) is 76.4 cm³/mol. The molecule has 1 aromatic carbocycles. The average molecular weight is 306 g/mol. The normalized spacial score (nSPS) is 11.2. The van der Waals surface area contributed by atoms with Gasteiger partial charge in [0.2, 0.25) is 0 Å². The molecule has 0 aliphatic rings. The fourth-order valence-electron chi connectivity index (χ4n) is 1.56. The van der Waals surface area contributed by atoms with Crippen molar-refractivity contribution < 1.29 is 14.6 Å². The lowest BCUT2D eigenvalue weighted by Crippen LogP contribution is -2.46. The Hall–Kier alpha value is -1.13. The zero-order valence-electron chi connectivity index (χ0n) is 11.1. The minimum absolute atomic E-state index is 0.212. The SMILES string of the molecule is CC(C)(C)N(CCOc1cccc(Cl)c1Cl)C(=O)O. The molecule has 106 valence electrons. The van der Waals surface area contributed by atoms with Gasteiger partial charge in [-0.2, -0.15) is 0 Å². The molecule has 4 nitrogen and oxygen atoms in total. The molecule has 0 atom stereocenters. The standard InChI is InChI=1S/C13H17Cl2NO3/c1-13(2,3)16(12(17)18)7-8-19-10-6-4-5-9(14)11(10)15/h4-6H,7-8H2,1-3H3,(H,17,18). The second-order valence-electron chi connectivity index (χ2n) is 5.01. The topological polar surface area (TPSA) is 49.8 Å². The number of carbonyl (C=O) groups is 1. The average Bonchev–Trinajstić information content (AvgIpc) is 2.27. The second kappa shape index (κ2) is 6.35. The van der Waals surface area contributed by atoms with E-state index in [0.717, 1.165) is 0 Å². The third kappa shape index (κ3) is 4.48. The number of carboxylic acid groups (broad SMARTS) is 1. The van der Waals surface area contributed by atoms with Gasteiger partial charge < -0.3 is 14.7 Å². The number of halogens is 2. The number of amides is 1. The van der Waals surface area contributed by atoms with Crippen molar-refractivity contribution in [2.45, 2.75) is 26.3 Å². The molecule has 0 heterocycles. The van der Waals surface area contributed by atoms with Crippen molar-refractivity contribution in [3.8, 4) is 5.75 Å². The van der Waals surface area contributed by atoms with Crippen LogP contribution in [-0.4, -0.2) is 34.8 Å². The fourth-order valence-corrected chi connectivity index (χ4v) is 1.91. The third-order valence-corrected chi connectivity index (χ3v) is 3.33. The van der Waals surface area contributed by atoms with Crippen LogP contribution in [0.15, 0.2) is 18.2 Å². The van der Waals surface area contributed by atoms with E-state index in [2.05, 4.69) is 0 Å². The number of rotatable bonds is 4. The molecule has 0 fully saturated rings. The number of nitrogens with zero attached hydrogens (tertiary/aromatic N) is 1. The summed E-state index contributed by atoms with van der Waals surface area (Å²) in [5.41, 5.74) is -0.479. The highest BCUT2D eigenvalue weighted by Gasteiger charge is 2.25. The molecule has 0 radical (unpaired) electrons. The summed E-state index contributed by atoms with van der Waals surface area (Å²) >= 11 is 11.8. The largest absolute Gasteiger partial charge is 0.490 e. The lowest BCUT2D eigenvalue weighted by Gasteiger charge is -2.33. The number of ether oxygens (including phenoxy) is 1. The minimum atomic E-state index is -0.978. The first-order valence-electron chi connectivity index (χ1n) is 5.81. The van der Waals surface area contributed by atoms with Gasteiger partial charge in [0.25, 0.3) is 0 Å². The molecule has 0 aliphatic carbocycles. The Morgan fingerprint density at radius 3 is 2.53 bits per heavy atom. The molecule has 1 amide bonds. The first-order chi connectivity index (χ1) is 8.73. The van der Waals surface area contributed by atoms with Crippen molar-refractivity contribution in [3.63, 3.8) is 0 Å². The zero-order chi connectivity index (χ0) is 14.6. The maximum absolute atomic E-state index is 11.1. The van der Waals surface area contributed by atoms with Crippen LogP contribution in [0.3, 0.4) is 0 Å². The summed E-state index contributed by atoms with van der Waals surface area (Å²) in [7, 11) is 0. The van der Waals surface area contributed by atoms with E-state index in [9.17, 15) is 4.79 Å². The molecule has 6 heteroatoms. The maximum atomic E-state index is 11.1. The van der Waals surface area contributed by atoms with Crippen molar-refractivity contribution in [2.24, 2.45) is 0 Å². The predicted octanol–water partition coefficient (Wildman–Crippen LogP) is 4.15. The summed E-state index contributed by atoms with van der Waals surface area (Å²) in [5, 5.41) is 9.87. The number of hydrogen-bond acceptors (Lipinski definition) is 2. The number of hydrogen-bond donors (Lipinski definition) is 1. The van der Waals surface area contributed by atoms with Crippen molar-refractivity contribution >= 4 is 29.3 Å². The lowest BCUT2D eigenvalue weighted by atomic mass is 10.1. The van der Waals surface area contributed by atoms with Gasteiger partial charge in [0.1, 0.15) is 17.4 Å². The van der Waals surface area contributed by atoms with Crippen LogP contribution in [0.25, 0.3) is 0 Å². The zero-order valence-corrected chi connectivity index (χ0v) is 12.6. The van der Waals surface area contributed by atoms with Gasteiger partial charge >= 0.3 is 6.09 Å². The molecule has 0 aromatic heterocycles. The van der Waals surface area contributed by atoms with Crippen LogP contribution in [0, 0.1) is 0 Å². The molecule has 19 heavy (non-hydrogen) atoms. The summed E-state index contributed by atoms with van der Waals surface area (Å²) in [5.74, 6) is 0.452. The monoisotopic (exact) mass is 305 g/mol. The van der Waals surface area contributed by atoms with Crippen LogP contribution in [0.2, 0.25) is 10.0 Å². The van der Waals surface area contributed by atoms with Gasteiger partial charge in [-0.3, -0.25) is 0 Å². The molecular weight excluding hydrogens is 289 g/mol. The smallest absolute Gasteiger partial charge is 0.407 e. The molecule has 0 saturated carbocycles. The summed E-state index contributed by atoms with van der Waals surface area (Å²) < 4.78 is 5.47. The van der Waals surface area contributed by atoms with E-state index < -0.39 is 11.6 Å². The van der Waals surface area contributed by atoms with Crippen molar-refractivity contribution in [1.82, 2.24) is 4.90 Å². The molecular formula is C13H17Cl2NO3. The molecule has 0 saturated heterocycles. The van der Waals surface area contributed by atoms with Crippen LogP contribution >= 0.6 is 23.2 Å². The van der Waals surface area contributed by atoms with Crippen LogP contribution < -0.4 is 4.74 Å². The fraction of sp³-hybridized carbons (Fsp3) is 0.462. The van der Waals surface area contributed by atoms with E-state index in [1.807, 2.05) is 20.8 Å². The van der Waals surface area contributed by atoms with Crippen molar-refractivity contribution in [1.29, 1.82) is 0 Å². The molecule has 1 rings (SSSR count). The van der Waals surface area contributed by atoms with Crippen molar-refractivity contribution in [3.05, 3.63) is 28.2 Å². The molecule has 0 bridgehead atoms. The van der Waals surface area contributed by atoms with Gasteiger partial charge in [-0.05, 0) is 32.9 Å². The van der Waals surface area contributed by atoms with E-state index in [-0.39, 0.29) is 13.2 Å². The summed E-state index contributed by atoms with van der Waals surface area (Å²) in [6.07, 6.45) is -0.978. The Labute approximate surface area is 122 Å². The van der Waals surface area contributed by atoms with Gasteiger partial charge in [0.05, 0.1) is 11.6 Å². The van der Waals surface area contributed by atoms with E-state index in [0.29, 0.717) is 15.8 Å². The van der Waals surface area contributed by atoms with Crippen LogP contribution in [-0.2, 0) is 0 Å². The lowest BCUT2D eigenvalue weighted by molar-refractivity contribution is 0.0892. The van der Waals surface area contributed by atoms with Crippen LogP contribution in [0.1, 0.15) is 20.8 Å². The summed E-state index contributed by atoms with van der Waals surface area (Å²) in [4.78, 5) is 12.4. The Bertz CT molecular complexity index is 458. The summed E-state index contributed by atoms with van der Waals surface area (Å²) in [6.45, 7) is 5.94. The van der Waals surface area contributed by atoms with Gasteiger partial charge in [0.15, 0.2) is 0 Å². The van der Waals surface area contributed by atoms with Gasteiger partial charge in [-0.25, -0.2) is 4.79 Å². The van der Waals surface area contributed by atoms with Gasteiger partial charge in [0, 0.05) is 5.54 Å². The number of benzene rings is 1. The molecule has 1 N–H and O–H groups in total. The first kappa shape index (κ1) is 15.9. The minimum Gasteiger partial charge on any atom is -0.490 e. The Morgan fingerprint density at radius 1 is 1.37 bits per heavy atom. The van der Waals surface area contributed by atoms with Gasteiger partial charge in [-0.15, -0.1) is 0 Å². The first-order valence-corrected chi connectivity index (χ1v) is 6.56. The highest BCUT2D eigenvalue weighted by atomic mass is 35.5. The quantitative estimate of drug-likeness (QED) is 0.909. The van der Waals surface area contributed by atoms with Crippen LogP contribution in [0.5, 0.6) is 5.75 Å². The molecule has 1 aromatic rings. The Balaban J connectivity index is 2.63. The molecule has 0 unspecified atom stereocenters. The second-order valence-corrected chi connectivity index (χ2v) is 5.79. The highest BCUT2D eigenvalue weighted by molar-refractivity contribution is 6.42. The van der Waals surface area contributed by atoms with Crippen LogP contribution in [0.4, 0.5) is 4.79 Å². The molecule has 0 spiro atoms.